The van der Waals surface area contributed by atoms with Gasteiger partial charge < -0.3 is 9.88 Å². The number of nitrogens with one attached hydrogen (secondary N) is 1. The second-order valence-corrected chi connectivity index (χ2v) is 6.95. The van der Waals surface area contributed by atoms with Crippen molar-refractivity contribution in [3.8, 4) is 11.4 Å². The van der Waals surface area contributed by atoms with E-state index in [-0.39, 0.29) is 11.7 Å². The average Bonchev–Trinajstić information content (AvgIpc) is 2.98. The minimum Gasteiger partial charge on any atom is -0.325 e. The summed E-state index contributed by atoms with van der Waals surface area (Å²) in [5.41, 5.74) is 1.58. The second-order valence-electron chi connectivity index (χ2n) is 5.20. The van der Waals surface area contributed by atoms with Crippen molar-refractivity contribution in [3.05, 3.63) is 58.6 Å². The Hall–Kier alpha value is -2.02. The summed E-state index contributed by atoms with van der Waals surface area (Å²) in [6, 6.07) is 14.7. The van der Waals surface area contributed by atoms with E-state index in [1.54, 1.807) is 18.2 Å². The van der Waals surface area contributed by atoms with Crippen LogP contribution in [0.4, 0.5) is 5.69 Å². The molecule has 0 aliphatic rings. The molecule has 0 radical (unpaired) electrons. The number of thioether (sulfide) groups is 1. The molecule has 1 heterocycles. The van der Waals surface area contributed by atoms with Gasteiger partial charge >= 0.3 is 0 Å². The summed E-state index contributed by atoms with van der Waals surface area (Å²) in [5, 5.41) is 12.6. The molecule has 5 nitrogen and oxygen atoms in total. The Morgan fingerprint density at radius 2 is 1.88 bits per heavy atom. The highest BCUT2D eigenvalue weighted by atomic mass is 35.5. The molecular weight excluding hydrogens is 379 g/mol. The smallest absolute Gasteiger partial charge is 0.234 e. The van der Waals surface area contributed by atoms with Crippen molar-refractivity contribution >= 4 is 46.6 Å². The molecule has 0 spiro atoms. The van der Waals surface area contributed by atoms with Crippen molar-refractivity contribution in [1.29, 1.82) is 0 Å². The second kappa shape index (κ2) is 7.91. The molecule has 8 heteroatoms. The van der Waals surface area contributed by atoms with Crippen LogP contribution in [-0.2, 0) is 11.8 Å². The lowest BCUT2D eigenvalue weighted by Gasteiger charge is -2.06. The fourth-order valence-corrected chi connectivity index (χ4v) is 3.19. The van der Waals surface area contributed by atoms with E-state index in [0.717, 1.165) is 11.4 Å². The van der Waals surface area contributed by atoms with Crippen molar-refractivity contribution < 1.29 is 4.79 Å². The van der Waals surface area contributed by atoms with Crippen molar-refractivity contribution in [2.75, 3.05) is 11.1 Å². The Labute approximate surface area is 159 Å². The molecule has 0 saturated heterocycles. The molecule has 3 aromatic rings. The van der Waals surface area contributed by atoms with Crippen molar-refractivity contribution in [3.63, 3.8) is 0 Å². The summed E-state index contributed by atoms with van der Waals surface area (Å²) in [7, 11) is 1.88. The first-order chi connectivity index (χ1) is 12.0. The fraction of sp³-hybridized carbons (Fsp3) is 0.118. The monoisotopic (exact) mass is 392 g/mol. The predicted octanol–water partition coefficient (Wildman–Crippen LogP) is 4.52. The van der Waals surface area contributed by atoms with E-state index in [1.807, 2.05) is 41.9 Å². The van der Waals surface area contributed by atoms with Gasteiger partial charge in [-0.05, 0) is 18.2 Å². The zero-order valence-corrected chi connectivity index (χ0v) is 15.6. The number of carbonyl (C=O) groups is 1. The molecule has 25 heavy (non-hydrogen) atoms. The molecule has 1 aromatic heterocycles. The molecule has 0 fully saturated rings. The molecule has 3 rings (SSSR count). The van der Waals surface area contributed by atoms with Crippen LogP contribution in [0.5, 0.6) is 0 Å². The Morgan fingerprint density at radius 3 is 2.60 bits per heavy atom. The van der Waals surface area contributed by atoms with Gasteiger partial charge in [0.2, 0.25) is 5.91 Å². The summed E-state index contributed by atoms with van der Waals surface area (Å²) in [6.07, 6.45) is 0. The van der Waals surface area contributed by atoms with Crippen molar-refractivity contribution in [1.82, 2.24) is 14.8 Å². The maximum absolute atomic E-state index is 12.1. The van der Waals surface area contributed by atoms with Crippen molar-refractivity contribution in [2.24, 2.45) is 7.05 Å². The highest BCUT2D eigenvalue weighted by Gasteiger charge is 2.13. The lowest BCUT2D eigenvalue weighted by molar-refractivity contribution is -0.113. The lowest BCUT2D eigenvalue weighted by atomic mass is 10.2. The third-order valence-electron chi connectivity index (χ3n) is 3.40. The number of carbonyl (C=O) groups excluding carboxylic acids is 1. The molecular formula is C17H14Cl2N4OS. The minimum atomic E-state index is -0.160. The van der Waals surface area contributed by atoms with Gasteiger partial charge in [-0.25, -0.2) is 0 Å². The summed E-state index contributed by atoms with van der Waals surface area (Å²) in [5.74, 6) is 0.807. The maximum Gasteiger partial charge on any atom is 0.234 e. The average molecular weight is 393 g/mol. The third-order valence-corrected chi connectivity index (χ3v) is 5.16. The third kappa shape index (κ3) is 4.34. The van der Waals surface area contributed by atoms with Gasteiger partial charge in [0.25, 0.3) is 0 Å². The fourth-order valence-electron chi connectivity index (χ4n) is 2.18. The van der Waals surface area contributed by atoms with Crippen LogP contribution < -0.4 is 5.32 Å². The van der Waals surface area contributed by atoms with E-state index in [9.17, 15) is 4.79 Å². The van der Waals surface area contributed by atoms with Crippen LogP contribution in [0.15, 0.2) is 53.7 Å². The van der Waals surface area contributed by atoms with Gasteiger partial charge in [0.15, 0.2) is 11.0 Å². The SMILES string of the molecule is Cn1c(SCC(=O)Nc2ccc(Cl)c(Cl)c2)nnc1-c1ccccc1. The number of rotatable bonds is 5. The van der Waals surface area contributed by atoms with E-state index in [1.165, 1.54) is 11.8 Å². The number of hydrogen-bond donors (Lipinski definition) is 1. The molecule has 0 bridgehead atoms. The topological polar surface area (TPSA) is 59.8 Å². The van der Waals surface area contributed by atoms with E-state index in [4.69, 9.17) is 23.2 Å². The molecule has 0 atom stereocenters. The number of nitrogens with zero attached hydrogens (tertiary/aromatic N) is 3. The van der Waals surface area contributed by atoms with Gasteiger partial charge in [0.1, 0.15) is 0 Å². The largest absolute Gasteiger partial charge is 0.325 e. The Bertz CT molecular complexity index is 899. The highest BCUT2D eigenvalue weighted by Crippen LogP contribution is 2.26. The van der Waals surface area contributed by atoms with Crippen molar-refractivity contribution in [2.45, 2.75) is 5.16 Å². The zero-order chi connectivity index (χ0) is 17.8. The first-order valence-corrected chi connectivity index (χ1v) is 9.11. The van der Waals surface area contributed by atoms with Gasteiger partial charge in [0, 0.05) is 18.3 Å². The Balaban J connectivity index is 1.63. The normalized spacial score (nSPS) is 10.7. The molecule has 1 amide bonds. The van der Waals surface area contributed by atoms with Crippen LogP contribution in [0.3, 0.4) is 0 Å². The molecule has 0 aliphatic carbocycles. The standard InChI is InChI=1S/C17H14Cl2N4OS/c1-23-16(11-5-3-2-4-6-11)21-22-17(23)25-10-15(24)20-12-7-8-13(18)14(19)9-12/h2-9H,10H2,1H3,(H,20,24). The van der Waals surface area contributed by atoms with Crippen LogP contribution in [-0.4, -0.2) is 26.4 Å². The molecule has 0 aliphatic heterocycles. The number of amides is 1. The summed E-state index contributed by atoms with van der Waals surface area (Å²) in [4.78, 5) is 12.1. The van der Waals surface area contributed by atoms with Gasteiger partial charge in [0.05, 0.1) is 15.8 Å². The van der Waals surface area contributed by atoms with Crippen LogP contribution >= 0.6 is 35.0 Å². The maximum atomic E-state index is 12.1. The number of anilines is 1. The number of aromatic nitrogens is 3. The number of benzene rings is 2. The van der Waals surface area contributed by atoms with Gasteiger partial charge in [-0.15, -0.1) is 10.2 Å². The lowest BCUT2D eigenvalue weighted by Crippen LogP contribution is -2.14. The highest BCUT2D eigenvalue weighted by molar-refractivity contribution is 7.99. The van der Waals surface area contributed by atoms with Gasteiger partial charge in [-0.1, -0.05) is 65.3 Å². The molecule has 0 saturated carbocycles. The molecule has 2 aromatic carbocycles. The number of hydrogen-bond acceptors (Lipinski definition) is 4. The van der Waals surface area contributed by atoms with Crippen LogP contribution in [0.25, 0.3) is 11.4 Å². The van der Waals surface area contributed by atoms with Gasteiger partial charge in [-0.2, -0.15) is 0 Å². The first-order valence-electron chi connectivity index (χ1n) is 7.37. The molecule has 1 N–H and O–H groups in total. The predicted molar refractivity (Wildman–Crippen MR) is 102 cm³/mol. The van der Waals surface area contributed by atoms with Crippen LogP contribution in [0.1, 0.15) is 0 Å². The quantitative estimate of drug-likeness (QED) is 0.648. The summed E-state index contributed by atoms with van der Waals surface area (Å²) in [6.45, 7) is 0. The number of halogens is 2. The van der Waals surface area contributed by atoms with E-state index in [2.05, 4.69) is 15.5 Å². The molecule has 128 valence electrons. The Kier molecular flexibility index (Phi) is 5.63. The first kappa shape index (κ1) is 17.8. The summed E-state index contributed by atoms with van der Waals surface area (Å²) < 4.78 is 1.87. The van der Waals surface area contributed by atoms with Gasteiger partial charge in [-0.3, -0.25) is 4.79 Å². The van der Waals surface area contributed by atoms with E-state index >= 15 is 0 Å². The van der Waals surface area contributed by atoms with E-state index < -0.39 is 0 Å². The molecule has 0 unspecified atom stereocenters. The van der Waals surface area contributed by atoms with E-state index in [0.29, 0.717) is 20.9 Å². The summed E-state index contributed by atoms with van der Waals surface area (Å²) >= 11 is 13.1. The minimum absolute atomic E-state index is 0.160. The van der Waals surface area contributed by atoms with Crippen LogP contribution in [0, 0.1) is 0 Å². The Morgan fingerprint density at radius 1 is 1.12 bits per heavy atom. The van der Waals surface area contributed by atoms with Crippen LogP contribution in [0.2, 0.25) is 10.0 Å². The zero-order valence-electron chi connectivity index (χ0n) is 13.2.